The SMILES string of the molecule is CO[C@H]1CN(C(=O)OC(C)(C)C)CC1NC(=NCC(=O)N(C)C)NCc1cccs1. The molecule has 0 aliphatic carbocycles. The number of nitrogens with one attached hydrogen (secondary N) is 2. The molecule has 10 heteroatoms. The van der Waals surface area contributed by atoms with Crippen LogP contribution in [-0.4, -0.2) is 86.3 Å². The molecule has 2 N–H and O–H groups in total. The summed E-state index contributed by atoms with van der Waals surface area (Å²) in [7, 11) is 5.00. The summed E-state index contributed by atoms with van der Waals surface area (Å²) in [5.41, 5.74) is -0.563. The Bertz CT molecular complexity index is 730. The van der Waals surface area contributed by atoms with Crippen LogP contribution in [0.5, 0.6) is 0 Å². The number of nitrogens with zero attached hydrogens (tertiary/aromatic N) is 3. The zero-order valence-electron chi connectivity index (χ0n) is 18.6. The van der Waals surface area contributed by atoms with Crippen molar-refractivity contribution in [3.8, 4) is 0 Å². The number of thiophene rings is 1. The van der Waals surface area contributed by atoms with Gasteiger partial charge in [0, 0.05) is 32.6 Å². The molecule has 1 aliphatic rings. The molecular formula is C20H33N5O4S. The van der Waals surface area contributed by atoms with Gasteiger partial charge in [-0.2, -0.15) is 0 Å². The third kappa shape index (κ3) is 7.49. The molecule has 168 valence electrons. The molecule has 2 heterocycles. The van der Waals surface area contributed by atoms with E-state index in [2.05, 4.69) is 15.6 Å². The first-order valence-electron chi connectivity index (χ1n) is 9.87. The number of likely N-dealkylation sites (N-methyl/N-ethyl adjacent to an activating group) is 1. The lowest BCUT2D eigenvalue weighted by molar-refractivity contribution is -0.127. The van der Waals surface area contributed by atoms with Crippen molar-refractivity contribution < 1.29 is 19.1 Å². The largest absolute Gasteiger partial charge is 0.444 e. The Morgan fingerprint density at radius 2 is 2.07 bits per heavy atom. The average Bonchev–Trinajstić information content (AvgIpc) is 3.31. The number of ether oxygens (including phenoxy) is 2. The van der Waals surface area contributed by atoms with Crippen LogP contribution in [0.3, 0.4) is 0 Å². The Hall–Kier alpha value is -2.33. The number of rotatable bonds is 6. The number of amides is 2. The van der Waals surface area contributed by atoms with E-state index in [-0.39, 0.29) is 30.7 Å². The molecule has 9 nitrogen and oxygen atoms in total. The number of hydrogen-bond acceptors (Lipinski definition) is 6. The molecule has 1 aromatic heterocycles. The minimum atomic E-state index is -0.563. The van der Waals surface area contributed by atoms with E-state index in [1.165, 1.54) is 4.90 Å². The second kappa shape index (κ2) is 10.6. The lowest BCUT2D eigenvalue weighted by Gasteiger charge is -2.24. The molecular weight excluding hydrogens is 406 g/mol. The third-order valence-corrected chi connectivity index (χ3v) is 5.30. The Morgan fingerprint density at radius 1 is 1.33 bits per heavy atom. The van der Waals surface area contributed by atoms with Crippen LogP contribution in [0, 0.1) is 0 Å². The van der Waals surface area contributed by atoms with Crippen LogP contribution in [0.1, 0.15) is 25.6 Å². The predicted octanol–water partition coefficient (Wildman–Crippen LogP) is 1.51. The van der Waals surface area contributed by atoms with Crippen molar-refractivity contribution in [2.75, 3.05) is 40.8 Å². The molecule has 0 saturated carbocycles. The highest BCUT2D eigenvalue weighted by atomic mass is 32.1. The molecule has 1 fully saturated rings. The smallest absolute Gasteiger partial charge is 0.410 e. The van der Waals surface area contributed by atoms with Gasteiger partial charge in [0.15, 0.2) is 5.96 Å². The van der Waals surface area contributed by atoms with Gasteiger partial charge in [0.25, 0.3) is 0 Å². The second-order valence-corrected chi connectivity index (χ2v) is 9.33. The minimum Gasteiger partial charge on any atom is -0.444 e. The number of carbonyl (C=O) groups is 2. The lowest BCUT2D eigenvalue weighted by atomic mass is 10.2. The Balaban J connectivity index is 2.06. The highest BCUT2D eigenvalue weighted by Crippen LogP contribution is 2.17. The summed E-state index contributed by atoms with van der Waals surface area (Å²) in [6.07, 6.45) is -0.600. The molecule has 1 unspecified atom stereocenters. The van der Waals surface area contributed by atoms with Crippen molar-refractivity contribution in [3.05, 3.63) is 22.4 Å². The average molecular weight is 440 g/mol. The molecule has 2 amide bonds. The molecule has 2 atom stereocenters. The summed E-state index contributed by atoms with van der Waals surface area (Å²) in [6.45, 7) is 6.95. The number of guanidine groups is 1. The van der Waals surface area contributed by atoms with E-state index in [9.17, 15) is 9.59 Å². The maximum Gasteiger partial charge on any atom is 0.410 e. The van der Waals surface area contributed by atoms with E-state index in [0.29, 0.717) is 25.6 Å². The van der Waals surface area contributed by atoms with Gasteiger partial charge >= 0.3 is 6.09 Å². The van der Waals surface area contributed by atoms with Gasteiger partial charge in [0.1, 0.15) is 12.1 Å². The Morgan fingerprint density at radius 3 is 2.63 bits per heavy atom. The number of carbonyl (C=O) groups excluding carboxylic acids is 2. The zero-order valence-corrected chi connectivity index (χ0v) is 19.4. The standard InChI is InChI=1S/C20H33N5O4S/c1-20(2,3)29-19(27)25-12-15(16(13-25)28-6)23-18(22-11-17(26)24(4)5)21-10-14-8-7-9-30-14/h7-9,15-16H,10-13H2,1-6H3,(H2,21,22,23)/t15?,16-/m0/s1. The van der Waals surface area contributed by atoms with Crippen LogP contribution in [0.25, 0.3) is 0 Å². The van der Waals surface area contributed by atoms with Crippen LogP contribution in [0.2, 0.25) is 0 Å². The molecule has 2 rings (SSSR count). The summed E-state index contributed by atoms with van der Waals surface area (Å²) in [6, 6.07) is 3.82. The maximum atomic E-state index is 12.5. The van der Waals surface area contributed by atoms with Gasteiger partial charge in [-0.3, -0.25) is 4.79 Å². The topological polar surface area (TPSA) is 95.5 Å². The number of aliphatic imine (C=N–C) groups is 1. The lowest BCUT2D eigenvalue weighted by Crippen LogP contribution is -2.49. The fourth-order valence-electron chi connectivity index (χ4n) is 2.83. The molecule has 1 saturated heterocycles. The molecule has 0 bridgehead atoms. The fourth-order valence-corrected chi connectivity index (χ4v) is 3.47. The van der Waals surface area contributed by atoms with E-state index >= 15 is 0 Å². The monoisotopic (exact) mass is 439 g/mol. The summed E-state index contributed by atoms with van der Waals surface area (Å²) in [5.74, 6) is 0.397. The van der Waals surface area contributed by atoms with Crippen LogP contribution >= 0.6 is 11.3 Å². The first-order chi connectivity index (χ1) is 14.1. The van der Waals surface area contributed by atoms with Crippen molar-refractivity contribution in [3.63, 3.8) is 0 Å². The van der Waals surface area contributed by atoms with Crippen molar-refractivity contribution >= 4 is 29.3 Å². The Labute approximate surface area is 182 Å². The summed E-state index contributed by atoms with van der Waals surface area (Å²) in [4.78, 5) is 33.1. The molecule has 0 spiro atoms. The molecule has 0 radical (unpaired) electrons. The van der Waals surface area contributed by atoms with E-state index in [1.54, 1.807) is 37.4 Å². The Kier molecular flexibility index (Phi) is 8.48. The van der Waals surface area contributed by atoms with Gasteiger partial charge in [0.2, 0.25) is 5.91 Å². The zero-order chi connectivity index (χ0) is 22.3. The van der Waals surface area contributed by atoms with Gasteiger partial charge in [-0.1, -0.05) is 6.07 Å². The van der Waals surface area contributed by atoms with Gasteiger partial charge in [0.05, 0.1) is 25.2 Å². The first kappa shape index (κ1) is 23.9. The van der Waals surface area contributed by atoms with E-state index in [4.69, 9.17) is 9.47 Å². The van der Waals surface area contributed by atoms with E-state index < -0.39 is 5.60 Å². The predicted molar refractivity (Wildman–Crippen MR) is 118 cm³/mol. The second-order valence-electron chi connectivity index (χ2n) is 8.30. The summed E-state index contributed by atoms with van der Waals surface area (Å²) >= 11 is 1.64. The van der Waals surface area contributed by atoms with Crippen LogP contribution in [-0.2, 0) is 20.8 Å². The van der Waals surface area contributed by atoms with E-state index in [1.807, 2.05) is 38.3 Å². The molecule has 0 aromatic carbocycles. The first-order valence-corrected chi connectivity index (χ1v) is 10.7. The van der Waals surface area contributed by atoms with Crippen molar-refractivity contribution in [1.82, 2.24) is 20.4 Å². The van der Waals surface area contributed by atoms with Crippen LogP contribution in [0.4, 0.5) is 4.79 Å². The van der Waals surface area contributed by atoms with Gasteiger partial charge in [-0.15, -0.1) is 11.3 Å². The minimum absolute atomic E-state index is 0.0208. The van der Waals surface area contributed by atoms with E-state index in [0.717, 1.165) is 4.88 Å². The highest BCUT2D eigenvalue weighted by Gasteiger charge is 2.37. The number of hydrogen-bond donors (Lipinski definition) is 2. The van der Waals surface area contributed by atoms with Crippen LogP contribution in [0.15, 0.2) is 22.5 Å². The normalized spacial score (nSPS) is 19.5. The van der Waals surface area contributed by atoms with Crippen LogP contribution < -0.4 is 10.6 Å². The molecule has 30 heavy (non-hydrogen) atoms. The molecule has 1 aliphatic heterocycles. The van der Waals surface area contributed by atoms with Crippen molar-refractivity contribution in [2.24, 2.45) is 4.99 Å². The number of methoxy groups -OCH3 is 1. The quantitative estimate of drug-likeness (QED) is 0.515. The summed E-state index contributed by atoms with van der Waals surface area (Å²) in [5, 5.41) is 8.59. The van der Waals surface area contributed by atoms with Crippen molar-refractivity contribution in [2.45, 2.75) is 45.1 Å². The third-order valence-electron chi connectivity index (χ3n) is 4.42. The van der Waals surface area contributed by atoms with Gasteiger partial charge in [-0.25, -0.2) is 9.79 Å². The molecule has 1 aromatic rings. The summed E-state index contributed by atoms with van der Waals surface area (Å²) < 4.78 is 11.1. The fraction of sp³-hybridized carbons (Fsp3) is 0.650. The number of likely N-dealkylation sites (tertiary alicyclic amines) is 1. The van der Waals surface area contributed by atoms with Gasteiger partial charge in [-0.05, 0) is 32.2 Å². The highest BCUT2D eigenvalue weighted by molar-refractivity contribution is 7.09. The van der Waals surface area contributed by atoms with Gasteiger partial charge < -0.3 is 29.9 Å². The maximum absolute atomic E-state index is 12.5. The van der Waals surface area contributed by atoms with Crippen molar-refractivity contribution in [1.29, 1.82) is 0 Å².